The summed E-state index contributed by atoms with van der Waals surface area (Å²) in [6.07, 6.45) is 1.91. The summed E-state index contributed by atoms with van der Waals surface area (Å²) in [5.41, 5.74) is 1.03. The number of hydrogen-bond acceptors (Lipinski definition) is 4. The van der Waals surface area contributed by atoms with Crippen molar-refractivity contribution in [3.05, 3.63) is 29.8 Å². The number of carbonyl (C=O) groups is 2. The number of rotatable bonds is 6. The van der Waals surface area contributed by atoms with Crippen LogP contribution in [0.2, 0.25) is 0 Å². The standard InChI is InChI=1S/C17H25N3O3/c1-20-10-5-6-13(12-20)16(21)19-15-8-4-3-7-14(15)17(22)18-9-11-23-2/h3-4,7-8,13H,5-6,9-12H2,1-2H3,(H,18,22)(H,19,21). The van der Waals surface area contributed by atoms with E-state index in [2.05, 4.69) is 15.5 Å². The fraction of sp³-hybridized carbons (Fsp3) is 0.529. The van der Waals surface area contributed by atoms with Crippen LogP contribution in [-0.2, 0) is 9.53 Å². The summed E-state index contributed by atoms with van der Waals surface area (Å²) in [6.45, 7) is 2.68. The zero-order valence-corrected chi connectivity index (χ0v) is 13.8. The summed E-state index contributed by atoms with van der Waals surface area (Å²) in [4.78, 5) is 26.8. The summed E-state index contributed by atoms with van der Waals surface area (Å²) in [6, 6.07) is 7.07. The molecule has 1 aromatic rings. The lowest BCUT2D eigenvalue weighted by molar-refractivity contribution is -0.121. The molecule has 1 aromatic carbocycles. The summed E-state index contributed by atoms with van der Waals surface area (Å²) in [5.74, 6) is -0.259. The number of amides is 2. The monoisotopic (exact) mass is 319 g/mol. The number of methoxy groups -OCH3 is 1. The normalized spacial score (nSPS) is 18.4. The van der Waals surface area contributed by atoms with E-state index in [0.717, 1.165) is 25.9 Å². The highest BCUT2D eigenvalue weighted by molar-refractivity contribution is 6.04. The molecule has 1 heterocycles. The highest BCUT2D eigenvalue weighted by Gasteiger charge is 2.24. The second-order valence-electron chi connectivity index (χ2n) is 5.88. The van der Waals surface area contributed by atoms with Crippen molar-refractivity contribution in [1.82, 2.24) is 10.2 Å². The van der Waals surface area contributed by atoms with Gasteiger partial charge in [-0.25, -0.2) is 0 Å². The van der Waals surface area contributed by atoms with Gasteiger partial charge >= 0.3 is 0 Å². The maximum absolute atomic E-state index is 12.5. The zero-order chi connectivity index (χ0) is 16.7. The summed E-state index contributed by atoms with van der Waals surface area (Å²) in [5, 5.41) is 5.69. The maximum Gasteiger partial charge on any atom is 0.253 e. The van der Waals surface area contributed by atoms with Gasteiger partial charge in [0, 0.05) is 20.2 Å². The van der Waals surface area contributed by atoms with Crippen molar-refractivity contribution in [2.24, 2.45) is 5.92 Å². The number of piperidine rings is 1. The first-order valence-corrected chi connectivity index (χ1v) is 7.97. The molecule has 1 aliphatic heterocycles. The van der Waals surface area contributed by atoms with E-state index in [-0.39, 0.29) is 17.7 Å². The average Bonchev–Trinajstić information content (AvgIpc) is 2.55. The first-order valence-electron chi connectivity index (χ1n) is 7.97. The van der Waals surface area contributed by atoms with Crippen LogP contribution < -0.4 is 10.6 Å². The molecule has 6 nitrogen and oxygen atoms in total. The summed E-state index contributed by atoms with van der Waals surface area (Å²) >= 11 is 0. The van der Waals surface area contributed by atoms with Gasteiger partial charge in [-0.15, -0.1) is 0 Å². The van der Waals surface area contributed by atoms with E-state index in [1.807, 2.05) is 13.1 Å². The second kappa shape index (κ2) is 8.64. The van der Waals surface area contributed by atoms with E-state index < -0.39 is 0 Å². The first kappa shape index (κ1) is 17.4. The molecule has 1 aliphatic rings. The van der Waals surface area contributed by atoms with Crippen LogP contribution in [0.4, 0.5) is 5.69 Å². The van der Waals surface area contributed by atoms with Gasteiger partial charge in [0.1, 0.15) is 0 Å². The molecule has 0 radical (unpaired) electrons. The Bertz CT molecular complexity index is 548. The van der Waals surface area contributed by atoms with Crippen LogP contribution >= 0.6 is 0 Å². The molecule has 0 aromatic heterocycles. The predicted octanol–water partition coefficient (Wildman–Crippen LogP) is 1.34. The molecule has 2 N–H and O–H groups in total. The number of anilines is 1. The van der Waals surface area contributed by atoms with E-state index in [1.165, 1.54) is 0 Å². The van der Waals surface area contributed by atoms with E-state index in [0.29, 0.717) is 24.4 Å². The minimum absolute atomic E-state index is 0.0197. The third-order valence-corrected chi connectivity index (χ3v) is 4.02. The Labute approximate surface area is 137 Å². The minimum Gasteiger partial charge on any atom is -0.383 e. The molecule has 1 saturated heterocycles. The molecule has 23 heavy (non-hydrogen) atoms. The van der Waals surface area contributed by atoms with Crippen LogP contribution in [0.3, 0.4) is 0 Å². The lowest BCUT2D eigenvalue weighted by atomic mass is 9.97. The topological polar surface area (TPSA) is 70.7 Å². The van der Waals surface area contributed by atoms with Gasteiger partial charge in [0.05, 0.1) is 23.8 Å². The van der Waals surface area contributed by atoms with Crippen molar-refractivity contribution in [3.8, 4) is 0 Å². The fourth-order valence-corrected chi connectivity index (χ4v) is 2.77. The Morgan fingerprint density at radius 3 is 2.87 bits per heavy atom. The van der Waals surface area contributed by atoms with Gasteiger partial charge in [-0.2, -0.15) is 0 Å². The number of nitrogens with one attached hydrogen (secondary N) is 2. The van der Waals surface area contributed by atoms with Crippen LogP contribution in [0.25, 0.3) is 0 Å². The summed E-state index contributed by atoms with van der Waals surface area (Å²) in [7, 11) is 3.61. The van der Waals surface area contributed by atoms with Crippen molar-refractivity contribution < 1.29 is 14.3 Å². The van der Waals surface area contributed by atoms with E-state index in [9.17, 15) is 9.59 Å². The van der Waals surface area contributed by atoms with Crippen LogP contribution in [0.1, 0.15) is 23.2 Å². The lowest BCUT2D eigenvalue weighted by Gasteiger charge is -2.28. The van der Waals surface area contributed by atoms with Crippen molar-refractivity contribution in [2.45, 2.75) is 12.8 Å². The van der Waals surface area contributed by atoms with Gasteiger partial charge in [0.25, 0.3) is 5.91 Å². The molecule has 1 unspecified atom stereocenters. The lowest BCUT2D eigenvalue weighted by Crippen LogP contribution is -2.38. The minimum atomic E-state index is -0.210. The van der Waals surface area contributed by atoms with Crippen molar-refractivity contribution >= 4 is 17.5 Å². The molecule has 0 spiro atoms. The molecule has 126 valence electrons. The van der Waals surface area contributed by atoms with Crippen LogP contribution in [0.5, 0.6) is 0 Å². The number of benzene rings is 1. The van der Waals surface area contributed by atoms with E-state index in [4.69, 9.17) is 4.74 Å². The molecule has 0 bridgehead atoms. The van der Waals surface area contributed by atoms with Crippen LogP contribution in [-0.4, -0.2) is 57.1 Å². The first-order chi connectivity index (χ1) is 11.1. The quantitative estimate of drug-likeness (QED) is 0.776. The average molecular weight is 319 g/mol. The van der Waals surface area contributed by atoms with Gasteiger partial charge in [-0.3, -0.25) is 9.59 Å². The molecule has 0 saturated carbocycles. The molecule has 0 aliphatic carbocycles. The zero-order valence-electron chi connectivity index (χ0n) is 13.8. The molecular formula is C17H25N3O3. The maximum atomic E-state index is 12.5. The van der Waals surface area contributed by atoms with Gasteiger partial charge in [0.2, 0.25) is 5.91 Å². The van der Waals surface area contributed by atoms with Gasteiger partial charge in [-0.1, -0.05) is 12.1 Å². The van der Waals surface area contributed by atoms with Gasteiger partial charge in [-0.05, 0) is 38.6 Å². The van der Waals surface area contributed by atoms with E-state index >= 15 is 0 Å². The molecule has 2 rings (SSSR count). The Morgan fingerprint density at radius 1 is 1.35 bits per heavy atom. The number of para-hydroxylation sites is 1. The molecule has 6 heteroatoms. The van der Waals surface area contributed by atoms with Crippen molar-refractivity contribution in [2.75, 3.05) is 45.7 Å². The molecule has 1 fully saturated rings. The summed E-state index contributed by atoms with van der Waals surface area (Å²) < 4.78 is 4.92. The number of carbonyl (C=O) groups excluding carboxylic acids is 2. The highest BCUT2D eigenvalue weighted by Crippen LogP contribution is 2.20. The number of hydrogen-bond donors (Lipinski definition) is 2. The van der Waals surface area contributed by atoms with Crippen molar-refractivity contribution in [1.29, 1.82) is 0 Å². The smallest absolute Gasteiger partial charge is 0.253 e. The largest absolute Gasteiger partial charge is 0.383 e. The van der Waals surface area contributed by atoms with E-state index in [1.54, 1.807) is 25.3 Å². The Balaban J connectivity index is 2.02. The third-order valence-electron chi connectivity index (χ3n) is 4.02. The third kappa shape index (κ3) is 5.04. The molecular weight excluding hydrogens is 294 g/mol. The molecule has 1 atom stereocenters. The number of nitrogens with zero attached hydrogens (tertiary/aromatic N) is 1. The van der Waals surface area contributed by atoms with Crippen LogP contribution in [0.15, 0.2) is 24.3 Å². The number of likely N-dealkylation sites (tertiary alicyclic amines) is 1. The van der Waals surface area contributed by atoms with Crippen molar-refractivity contribution in [3.63, 3.8) is 0 Å². The molecule has 2 amide bonds. The van der Waals surface area contributed by atoms with Gasteiger partial charge in [0.15, 0.2) is 0 Å². The van der Waals surface area contributed by atoms with Gasteiger partial charge < -0.3 is 20.3 Å². The highest BCUT2D eigenvalue weighted by atomic mass is 16.5. The Kier molecular flexibility index (Phi) is 6.55. The second-order valence-corrected chi connectivity index (χ2v) is 5.88. The Hall–Kier alpha value is -1.92. The number of ether oxygens (including phenoxy) is 1. The fourth-order valence-electron chi connectivity index (χ4n) is 2.77. The Morgan fingerprint density at radius 2 is 2.13 bits per heavy atom. The SMILES string of the molecule is COCCNC(=O)c1ccccc1NC(=O)C1CCCN(C)C1. The van der Waals surface area contributed by atoms with Crippen LogP contribution in [0, 0.1) is 5.92 Å². The predicted molar refractivity (Wildman–Crippen MR) is 89.5 cm³/mol.